The monoisotopic (exact) mass is 593 g/mol. The van der Waals surface area contributed by atoms with Crippen LogP contribution in [0.15, 0.2) is 58.5 Å². The number of carboxylic acids is 1. The molecule has 0 amide bonds. The average Bonchev–Trinajstić information content (AvgIpc) is 3.55. The molecule has 2 aromatic heterocycles. The van der Waals surface area contributed by atoms with E-state index >= 15 is 0 Å². The van der Waals surface area contributed by atoms with Crippen LogP contribution in [0, 0.1) is 0 Å². The topological polar surface area (TPSA) is 116 Å². The van der Waals surface area contributed by atoms with Crippen LogP contribution in [0.3, 0.4) is 0 Å². The first-order valence-corrected chi connectivity index (χ1v) is 13.7. The predicted molar refractivity (Wildman–Crippen MR) is 134 cm³/mol. The van der Waals surface area contributed by atoms with Crippen molar-refractivity contribution in [1.82, 2.24) is 14.9 Å². The Bertz CT molecular complexity index is 1340. The summed E-state index contributed by atoms with van der Waals surface area (Å²) in [5.41, 5.74) is 2.55. The molecule has 0 saturated carbocycles. The molecule has 212 valence electrons. The molecule has 0 radical (unpaired) electrons. The Kier molecular flexibility index (Phi) is 9.79. The molecular formula is C23H24F5N5O4S2. The number of aliphatic carboxylic acids is 1. The van der Waals surface area contributed by atoms with E-state index in [0.29, 0.717) is 0 Å². The molecule has 1 atom stereocenters. The van der Waals surface area contributed by atoms with E-state index in [1.807, 2.05) is 18.2 Å². The molecule has 1 fully saturated rings. The fraction of sp³-hybridized carbons (Fsp3) is 0.348. The highest BCUT2D eigenvalue weighted by atomic mass is 32.2. The molecule has 0 aliphatic carbocycles. The van der Waals surface area contributed by atoms with Crippen molar-refractivity contribution < 1.29 is 40.3 Å². The molecule has 1 saturated heterocycles. The Labute approximate surface area is 225 Å². The van der Waals surface area contributed by atoms with Crippen molar-refractivity contribution in [2.45, 2.75) is 36.6 Å². The number of nitrogens with zero attached hydrogens (tertiary/aromatic N) is 4. The van der Waals surface area contributed by atoms with E-state index in [0.717, 1.165) is 32.1 Å². The van der Waals surface area contributed by atoms with Gasteiger partial charge >= 0.3 is 12.1 Å². The van der Waals surface area contributed by atoms with Crippen LogP contribution in [-0.4, -0.2) is 66.7 Å². The maximum Gasteiger partial charge on any atom is 0.490 e. The lowest BCUT2D eigenvalue weighted by Crippen LogP contribution is -2.35. The lowest BCUT2D eigenvalue weighted by atomic mass is 10.1. The minimum absolute atomic E-state index is 0.0219. The van der Waals surface area contributed by atoms with Crippen LogP contribution >= 0.6 is 11.3 Å². The number of aromatic nitrogens is 2. The Hall–Kier alpha value is -3.37. The summed E-state index contributed by atoms with van der Waals surface area (Å²) in [4.78, 5) is 20.8. The minimum Gasteiger partial charge on any atom is -0.475 e. The fourth-order valence-electron chi connectivity index (χ4n) is 3.82. The van der Waals surface area contributed by atoms with Gasteiger partial charge in [0.25, 0.3) is 16.4 Å². The number of anilines is 2. The summed E-state index contributed by atoms with van der Waals surface area (Å²) in [5, 5.41) is 8.17. The van der Waals surface area contributed by atoms with Gasteiger partial charge in [-0.1, -0.05) is 30.3 Å². The first-order chi connectivity index (χ1) is 18.3. The molecule has 1 aliphatic rings. The number of benzene rings is 1. The van der Waals surface area contributed by atoms with Gasteiger partial charge in [0.1, 0.15) is 0 Å². The summed E-state index contributed by atoms with van der Waals surface area (Å²) >= 11 is 1.22. The van der Waals surface area contributed by atoms with E-state index in [2.05, 4.69) is 31.7 Å². The van der Waals surface area contributed by atoms with E-state index in [-0.39, 0.29) is 23.1 Å². The number of likely N-dealkylation sites (N-methyl/N-ethyl adjacent to an activating group) is 1. The van der Waals surface area contributed by atoms with Gasteiger partial charge in [-0.25, -0.2) is 23.5 Å². The molecule has 2 N–H and O–H groups in total. The van der Waals surface area contributed by atoms with Crippen molar-refractivity contribution in [3.05, 3.63) is 64.6 Å². The molecule has 0 spiro atoms. The highest BCUT2D eigenvalue weighted by Gasteiger charge is 2.38. The number of rotatable bonds is 8. The van der Waals surface area contributed by atoms with Gasteiger partial charge in [-0.05, 0) is 18.1 Å². The Morgan fingerprint density at radius 3 is 2.49 bits per heavy atom. The van der Waals surface area contributed by atoms with E-state index < -0.39 is 33.6 Å². The van der Waals surface area contributed by atoms with Crippen molar-refractivity contribution in [3.63, 3.8) is 0 Å². The second-order valence-electron chi connectivity index (χ2n) is 8.44. The van der Waals surface area contributed by atoms with E-state index in [1.165, 1.54) is 34.0 Å². The van der Waals surface area contributed by atoms with Crippen molar-refractivity contribution >= 4 is 38.8 Å². The maximum absolute atomic E-state index is 13.9. The standard InChI is InChI=1S/C21H23F2N5O2S2.C2HF3O2/c1-27(16-7-8-28(12-16)11-15-5-3-2-4-6-15)18-10-24-20(9-17(18)21(22)23)32(29,30)26-19-13-31-14-25-19;3-2(4,5)1(6)7/h2-6,9-10,13-14,16,21,26H,7-8,11-12H2,1H3;(H,6,7)/t16-;/m0./s1. The number of halogens is 5. The zero-order valence-electron chi connectivity index (χ0n) is 20.3. The number of hydrogen-bond acceptors (Lipinski definition) is 8. The van der Waals surface area contributed by atoms with Crippen LogP contribution in [0.25, 0.3) is 0 Å². The molecular weight excluding hydrogens is 569 g/mol. The number of hydrogen-bond donors (Lipinski definition) is 2. The molecule has 3 aromatic rings. The predicted octanol–water partition coefficient (Wildman–Crippen LogP) is 4.62. The van der Waals surface area contributed by atoms with Crippen LogP contribution in [-0.2, 0) is 21.4 Å². The van der Waals surface area contributed by atoms with Gasteiger partial charge < -0.3 is 10.0 Å². The molecule has 9 nitrogen and oxygen atoms in total. The smallest absolute Gasteiger partial charge is 0.475 e. The maximum atomic E-state index is 13.9. The highest BCUT2D eigenvalue weighted by Crippen LogP contribution is 2.33. The van der Waals surface area contributed by atoms with E-state index in [9.17, 15) is 30.4 Å². The van der Waals surface area contributed by atoms with Gasteiger partial charge in [-0.15, -0.1) is 11.3 Å². The Morgan fingerprint density at radius 1 is 1.26 bits per heavy atom. The molecule has 0 unspecified atom stereocenters. The number of carbonyl (C=O) groups is 1. The first-order valence-electron chi connectivity index (χ1n) is 11.3. The van der Waals surface area contributed by atoms with Gasteiger partial charge in [0, 0.05) is 43.7 Å². The second kappa shape index (κ2) is 12.7. The van der Waals surface area contributed by atoms with Gasteiger partial charge in [-0.2, -0.15) is 21.6 Å². The van der Waals surface area contributed by atoms with E-state index in [4.69, 9.17) is 9.90 Å². The van der Waals surface area contributed by atoms with Crippen molar-refractivity contribution in [3.8, 4) is 0 Å². The van der Waals surface area contributed by atoms with Crippen molar-refractivity contribution in [1.29, 1.82) is 0 Å². The van der Waals surface area contributed by atoms with Crippen LogP contribution in [0.5, 0.6) is 0 Å². The molecule has 3 heterocycles. The second-order valence-corrected chi connectivity index (χ2v) is 10.8. The lowest BCUT2D eigenvalue weighted by molar-refractivity contribution is -0.192. The third-order valence-electron chi connectivity index (χ3n) is 5.74. The normalized spacial score (nSPS) is 16.0. The SMILES string of the molecule is CN(c1cnc(S(=O)(=O)Nc2cscn2)cc1C(F)F)[C@H]1CCN(Cc2ccccc2)C1.O=C(O)C(F)(F)F. The third-order valence-corrected chi connectivity index (χ3v) is 7.58. The molecule has 0 bridgehead atoms. The number of sulfonamides is 1. The van der Waals surface area contributed by atoms with Crippen LogP contribution in [0.2, 0.25) is 0 Å². The van der Waals surface area contributed by atoms with E-state index in [1.54, 1.807) is 11.9 Å². The molecule has 16 heteroatoms. The zero-order valence-corrected chi connectivity index (χ0v) is 22.0. The number of carboxylic acid groups (broad SMARTS) is 1. The number of pyridine rings is 1. The Morgan fingerprint density at radius 2 is 1.92 bits per heavy atom. The summed E-state index contributed by atoms with van der Waals surface area (Å²) in [7, 11) is -2.37. The van der Waals surface area contributed by atoms with Crippen molar-refractivity contribution in [2.75, 3.05) is 29.8 Å². The Balaban J connectivity index is 0.000000532. The molecule has 4 rings (SSSR count). The zero-order chi connectivity index (χ0) is 28.8. The van der Waals surface area contributed by atoms with Gasteiger partial charge in [-0.3, -0.25) is 9.62 Å². The summed E-state index contributed by atoms with van der Waals surface area (Å²) in [6.07, 6.45) is -5.89. The van der Waals surface area contributed by atoms with Gasteiger partial charge in [0.2, 0.25) is 0 Å². The fourth-order valence-corrected chi connectivity index (χ4v) is 5.35. The third kappa shape index (κ3) is 8.31. The number of nitrogens with one attached hydrogen (secondary N) is 1. The summed E-state index contributed by atoms with van der Waals surface area (Å²) in [6.45, 7) is 2.37. The van der Waals surface area contributed by atoms with Crippen LogP contribution in [0.1, 0.15) is 24.0 Å². The molecule has 39 heavy (non-hydrogen) atoms. The minimum atomic E-state index is -5.08. The number of thiazole rings is 1. The summed E-state index contributed by atoms with van der Waals surface area (Å²) in [6, 6.07) is 11.1. The average molecular weight is 594 g/mol. The quantitative estimate of drug-likeness (QED) is 0.364. The van der Waals surface area contributed by atoms with Crippen LogP contribution in [0.4, 0.5) is 33.5 Å². The summed E-state index contributed by atoms with van der Waals surface area (Å²) in [5.74, 6) is -2.63. The largest absolute Gasteiger partial charge is 0.490 e. The summed E-state index contributed by atoms with van der Waals surface area (Å²) < 4.78 is 86.9. The molecule has 1 aliphatic heterocycles. The van der Waals surface area contributed by atoms with Gasteiger partial charge in [0.15, 0.2) is 10.8 Å². The van der Waals surface area contributed by atoms with Gasteiger partial charge in [0.05, 0.1) is 17.4 Å². The number of alkyl halides is 5. The lowest BCUT2D eigenvalue weighted by Gasteiger charge is -2.29. The highest BCUT2D eigenvalue weighted by molar-refractivity contribution is 7.92. The molecule has 1 aromatic carbocycles. The number of likely N-dealkylation sites (tertiary alicyclic amines) is 1. The van der Waals surface area contributed by atoms with Crippen molar-refractivity contribution in [2.24, 2.45) is 0 Å². The first kappa shape index (κ1) is 30.2. The van der Waals surface area contributed by atoms with Crippen LogP contribution < -0.4 is 9.62 Å².